The van der Waals surface area contributed by atoms with Crippen molar-refractivity contribution in [3.63, 3.8) is 0 Å². The maximum Gasteiger partial charge on any atom is 0.408 e. The van der Waals surface area contributed by atoms with Crippen LogP contribution in [0.15, 0.2) is 117 Å². The van der Waals surface area contributed by atoms with Gasteiger partial charge >= 0.3 is 12.1 Å². The van der Waals surface area contributed by atoms with E-state index in [2.05, 4.69) is 43.2 Å². The lowest BCUT2D eigenvalue weighted by atomic mass is 9.91. The Morgan fingerprint density at radius 2 is 1.23 bits per heavy atom. The summed E-state index contributed by atoms with van der Waals surface area (Å²) in [6.07, 6.45) is 6.33. The second kappa shape index (κ2) is 27.0. The summed E-state index contributed by atoms with van der Waals surface area (Å²) in [4.78, 5) is 105. The van der Waals surface area contributed by atoms with Gasteiger partial charge in [-0.2, -0.15) is 0 Å². The summed E-state index contributed by atoms with van der Waals surface area (Å²) in [6.45, 7) is 12.7. The predicted octanol–water partition coefficient (Wildman–Crippen LogP) is 6.49. The van der Waals surface area contributed by atoms with Crippen LogP contribution in [-0.2, 0) is 64.9 Å². The van der Waals surface area contributed by atoms with Crippen molar-refractivity contribution in [1.82, 2.24) is 34.9 Å². The first-order valence-corrected chi connectivity index (χ1v) is 33.7. The summed E-state index contributed by atoms with van der Waals surface area (Å²) >= 11 is 0. The van der Waals surface area contributed by atoms with Crippen LogP contribution in [0.1, 0.15) is 97.0 Å². The van der Waals surface area contributed by atoms with Gasteiger partial charge in [0.1, 0.15) is 42.0 Å². The Hall–Kier alpha value is -8.49. The number of nitrogens with one attached hydrogen (secondary N) is 4. The molecule has 4 heterocycles. The van der Waals surface area contributed by atoms with Crippen LogP contribution < -0.4 is 39.0 Å². The number of allylic oxidation sites excluding steroid dienone is 2. The van der Waals surface area contributed by atoms with Gasteiger partial charge in [-0.25, -0.2) is 31.6 Å². The van der Waals surface area contributed by atoms with E-state index >= 15 is 0 Å². The van der Waals surface area contributed by atoms with E-state index in [9.17, 15) is 50.4 Å². The molecule has 0 spiro atoms. The highest BCUT2D eigenvalue weighted by Crippen LogP contribution is 2.58. The molecule has 9 atom stereocenters. The Labute approximate surface area is 534 Å². The highest BCUT2D eigenvalue weighted by Gasteiger charge is 2.63. The van der Waals surface area contributed by atoms with Crippen LogP contribution in [0.25, 0.3) is 21.5 Å². The number of likely N-dealkylation sites (tertiary alicyclic amines) is 1. The number of rotatable bonds is 26. The van der Waals surface area contributed by atoms with E-state index in [-0.39, 0.29) is 56.1 Å². The number of alkyl carbamates (subject to hydrolysis) is 1. The van der Waals surface area contributed by atoms with E-state index in [0.29, 0.717) is 67.6 Å². The predicted molar refractivity (Wildman–Crippen MR) is 337 cm³/mol. The fraction of sp³-hybridized carbons (Fsp3) is 0.470. The lowest BCUT2D eigenvalue weighted by molar-refractivity contribution is -0.149. The number of ketones is 2. The van der Waals surface area contributed by atoms with Crippen molar-refractivity contribution in [2.75, 3.05) is 27.3 Å². The van der Waals surface area contributed by atoms with Gasteiger partial charge in [0.2, 0.25) is 49.5 Å². The number of nitrogens with zero attached hydrogens (tertiary/aromatic N) is 3. The Morgan fingerprint density at radius 1 is 0.707 bits per heavy atom. The van der Waals surface area contributed by atoms with Gasteiger partial charge in [0.25, 0.3) is 0 Å². The molecule has 92 heavy (non-hydrogen) atoms. The monoisotopic (exact) mass is 1300 g/mol. The molecule has 6 aliphatic rings. The smallest absolute Gasteiger partial charge is 0.408 e. The normalized spacial score (nSPS) is 24.3. The van der Waals surface area contributed by atoms with Crippen LogP contribution in [0.4, 0.5) is 4.79 Å². The van der Waals surface area contributed by atoms with Gasteiger partial charge in [-0.1, -0.05) is 42.5 Å². The SMILES string of the molecule is C=C[C@@H]1C[C@]1(CC(=O)[C@@H]1C[C@@H](Oc2nccc3cc(OC)ccc23)CN1)C(=O)NS(=O)(=O)C1CC1.C=C[C@@H]1C[C@]1(CC(=O)[C@@H]1C[C@@H](Oc2nccc3cc(OC)ccc23)CN1C(=O)[C@H](CC(=O)OCc1ccccc1)NC(=O)OC(C)(C)C)C(=O)NS(=O)(=O)C1CC1. The lowest BCUT2D eigenvalue weighted by Crippen LogP contribution is -2.53. The molecule has 490 valence electrons. The van der Waals surface area contributed by atoms with Crippen molar-refractivity contribution in [1.29, 1.82) is 0 Å². The third-order valence-corrected chi connectivity index (χ3v) is 21.2. The molecule has 24 nitrogen and oxygen atoms in total. The molecule has 0 unspecified atom stereocenters. The van der Waals surface area contributed by atoms with Gasteiger partial charge in [0.05, 0.1) is 60.6 Å². The second-order valence-electron chi connectivity index (χ2n) is 25.4. The number of carbonyl (C=O) groups excluding carboxylic acids is 7. The van der Waals surface area contributed by atoms with Crippen molar-refractivity contribution in [3.05, 3.63) is 122 Å². The molecule has 4 aliphatic carbocycles. The van der Waals surface area contributed by atoms with Crippen molar-refractivity contribution in [3.8, 4) is 23.3 Å². The average molecular weight is 1300 g/mol. The molecule has 4 saturated carbocycles. The van der Waals surface area contributed by atoms with E-state index in [1.165, 1.54) is 11.0 Å². The minimum Gasteiger partial charge on any atom is -0.497 e. The van der Waals surface area contributed by atoms with Gasteiger partial charge in [-0.05, 0) is 136 Å². The number of ether oxygens (including phenoxy) is 6. The molecule has 0 bridgehead atoms. The van der Waals surface area contributed by atoms with Gasteiger partial charge in [0.15, 0.2) is 11.6 Å². The minimum atomic E-state index is -3.92. The first kappa shape index (κ1) is 66.4. The molecule has 4 N–H and O–H groups in total. The second-order valence-corrected chi connectivity index (χ2v) is 29.3. The van der Waals surface area contributed by atoms with Gasteiger partial charge < -0.3 is 44.0 Å². The number of Topliss-reactive ketones (excluding diaryl/α,β-unsaturated/α-hetero) is 2. The average Bonchev–Trinajstić information content (AvgIpc) is 1.59. The van der Waals surface area contributed by atoms with E-state index in [1.807, 2.05) is 36.4 Å². The lowest BCUT2D eigenvalue weighted by Gasteiger charge is -2.29. The largest absolute Gasteiger partial charge is 0.497 e. The van der Waals surface area contributed by atoms with Crippen molar-refractivity contribution < 1.29 is 78.8 Å². The maximum absolute atomic E-state index is 14.6. The van der Waals surface area contributed by atoms with Crippen molar-refractivity contribution >= 4 is 82.9 Å². The highest BCUT2D eigenvalue weighted by atomic mass is 32.2. The molecule has 4 amide bonds. The zero-order valence-corrected chi connectivity index (χ0v) is 53.6. The number of hydrogen-bond acceptors (Lipinski definition) is 20. The Bertz CT molecular complexity index is 3930. The Morgan fingerprint density at radius 3 is 1.72 bits per heavy atom. The number of sulfonamides is 2. The van der Waals surface area contributed by atoms with Crippen molar-refractivity contribution in [2.24, 2.45) is 22.7 Å². The zero-order chi connectivity index (χ0) is 65.9. The number of benzene rings is 3. The van der Waals surface area contributed by atoms with Gasteiger partial charge in [-0.15, -0.1) is 13.2 Å². The maximum atomic E-state index is 14.6. The van der Waals surface area contributed by atoms with Gasteiger partial charge in [-0.3, -0.25) is 38.2 Å². The topological polar surface area (TPSA) is 320 Å². The fourth-order valence-corrected chi connectivity index (χ4v) is 14.7. The molecule has 6 fully saturated rings. The zero-order valence-electron chi connectivity index (χ0n) is 51.9. The molecule has 3 aromatic carbocycles. The molecule has 0 radical (unpaired) electrons. The molecular formula is C66H77N7O17S2. The molecule has 2 saturated heterocycles. The molecular weight excluding hydrogens is 1230 g/mol. The molecule has 26 heteroatoms. The van der Waals surface area contributed by atoms with Gasteiger partial charge in [0, 0.05) is 55.4 Å². The number of esters is 1. The molecule has 2 aromatic heterocycles. The standard InChI is InChI=1S/C41H48N4O11S.C25H29N3O6S/c1-6-27-21-41(27,38(49)44-57(51,52)30-13-14-30)22-34(46)33-19-29(55-36-31-15-12-28(53-5)18-26(31)16-17-42-36)23-45(33)37(48)32(43-39(50)56-40(2,3)4)20-35(47)54-24-25-10-8-7-9-11-25;1-3-16-12-25(16,24(30)28-35(31,32)19-5-6-19)13-22(29)21-11-18(14-27-21)34-23-20-7-4-17(33-2)10-15(20)8-9-26-23/h6-12,15-18,27,29-30,32-33H,1,13-14,19-24H2,2-5H3,(H,43,50)(H,44,49);3-4,7-10,16,18-19,21,27H,1,5-6,11-14H2,2H3,(H,28,30)/t27-,29-,32+,33+,41-;16-,18-,21+,25-/m11/s1. The number of methoxy groups -OCH3 is 2. The first-order chi connectivity index (χ1) is 43.8. The molecule has 2 aliphatic heterocycles. The van der Waals surface area contributed by atoms with Crippen LogP contribution in [0.3, 0.4) is 0 Å². The van der Waals surface area contributed by atoms with Crippen LogP contribution in [0, 0.1) is 22.7 Å². The Kier molecular flexibility index (Phi) is 19.5. The van der Waals surface area contributed by atoms with Crippen LogP contribution in [0.2, 0.25) is 0 Å². The number of amides is 4. The third-order valence-electron chi connectivity index (χ3n) is 17.5. The van der Waals surface area contributed by atoms with Crippen molar-refractivity contribution in [2.45, 2.75) is 144 Å². The number of hydrogen-bond donors (Lipinski definition) is 4. The Balaban J connectivity index is 0.000000225. The minimum absolute atomic E-state index is 0.0345. The molecule has 11 rings (SSSR count). The first-order valence-electron chi connectivity index (χ1n) is 30.6. The van der Waals surface area contributed by atoms with E-state index in [4.69, 9.17) is 28.4 Å². The number of aromatic nitrogens is 2. The van der Waals surface area contributed by atoms with E-state index in [0.717, 1.165) is 21.9 Å². The van der Waals surface area contributed by atoms with E-state index in [1.54, 1.807) is 95.9 Å². The van der Waals surface area contributed by atoms with Crippen LogP contribution in [-0.4, -0.2) is 147 Å². The van der Waals surface area contributed by atoms with Crippen LogP contribution in [0.5, 0.6) is 23.3 Å². The number of pyridine rings is 2. The summed E-state index contributed by atoms with van der Waals surface area (Å²) in [5.41, 5.74) is -2.67. The summed E-state index contributed by atoms with van der Waals surface area (Å²) in [7, 11) is -4.43. The third kappa shape index (κ3) is 15.5. The summed E-state index contributed by atoms with van der Waals surface area (Å²) < 4.78 is 88.5. The number of fused-ring (bicyclic) bond motifs is 2. The van der Waals surface area contributed by atoms with Crippen LogP contribution >= 0.6 is 0 Å². The molecule has 5 aromatic rings. The summed E-state index contributed by atoms with van der Waals surface area (Å²) in [5, 5.41) is 7.74. The summed E-state index contributed by atoms with van der Waals surface area (Å²) in [5.74, 6) is -2.24. The van der Waals surface area contributed by atoms with E-state index < -0.39 is 126 Å². The quantitative estimate of drug-likeness (QED) is 0.0339. The fourth-order valence-electron chi connectivity index (χ4n) is 11.9. The highest BCUT2D eigenvalue weighted by molar-refractivity contribution is 7.91. The summed E-state index contributed by atoms with van der Waals surface area (Å²) in [6, 6.07) is 20.3. The number of carbonyl (C=O) groups is 7.